The predicted octanol–water partition coefficient (Wildman–Crippen LogP) is 3.32. The van der Waals surface area contributed by atoms with Gasteiger partial charge in [0.1, 0.15) is 5.82 Å². The van der Waals surface area contributed by atoms with Crippen molar-refractivity contribution in [3.05, 3.63) is 30.6 Å². The SMILES string of the molecule is CN1CCN(c2ccc(Nc3nccc4nc(N5CCCC(C#N)C5)sc34)nc2)CC1. The number of likely N-dealkylation sites (N-methyl/N-ethyl adjacent to an activating group) is 1. The molecule has 8 nitrogen and oxygen atoms in total. The molecule has 31 heavy (non-hydrogen) atoms. The Bertz CT molecular complexity index is 1080. The van der Waals surface area contributed by atoms with Gasteiger partial charge in [-0.15, -0.1) is 0 Å². The molecule has 2 fully saturated rings. The van der Waals surface area contributed by atoms with Crippen molar-refractivity contribution in [3.63, 3.8) is 0 Å². The maximum atomic E-state index is 9.29. The van der Waals surface area contributed by atoms with Crippen LogP contribution in [0.3, 0.4) is 0 Å². The third-order valence-corrected chi connectivity index (χ3v) is 7.17. The second kappa shape index (κ2) is 8.65. The number of fused-ring (bicyclic) bond motifs is 1. The molecule has 2 saturated heterocycles. The Morgan fingerprint density at radius 2 is 1.97 bits per heavy atom. The molecule has 9 heteroatoms. The molecule has 0 spiro atoms. The zero-order valence-corrected chi connectivity index (χ0v) is 18.5. The summed E-state index contributed by atoms with van der Waals surface area (Å²) < 4.78 is 1.02. The van der Waals surface area contributed by atoms with Crippen LogP contribution in [0.1, 0.15) is 12.8 Å². The van der Waals surface area contributed by atoms with Gasteiger partial charge in [-0.1, -0.05) is 11.3 Å². The fraction of sp³-hybridized carbons (Fsp3) is 0.455. The molecule has 0 saturated carbocycles. The van der Waals surface area contributed by atoms with Crippen LogP contribution in [0.5, 0.6) is 0 Å². The molecule has 0 bridgehead atoms. The van der Waals surface area contributed by atoms with Gasteiger partial charge in [0.25, 0.3) is 0 Å². The molecule has 0 amide bonds. The first kappa shape index (κ1) is 20.0. The van der Waals surface area contributed by atoms with Gasteiger partial charge in [0.15, 0.2) is 10.9 Å². The first-order chi connectivity index (χ1) is 15.2. The third kappa shape index (κ3) is 4.27. The van der Waals surface area contributed by atoms with Gasteiger partial charge in [0.2, 0.25) is 0 Å². The van der Waals surface area contributed by atoms with Crippen LogP contribution in [-0.4, -0.2) is 66.2 Å². The zero-order valence-electron chi connectivity index (χ0n) is 17.7. The van der Waals surface area contributed by atoms with Crippen LogP contribution < -0.4 is 15.1 Å². The number of thiazole rings is 1. The van der Waals surface area contributed by atoms with Crippen molar-refractivity contribution in [1.82, 2.24) is 19.9 Å². The maximum absolute atomic E-state index is 9.29. The van der Waals surface area contributed by atoms with Crippen LogP contribution in [-0.2, 0) is 0 Å². The minimum atomic E-state index is 0.0829. The molecular formula is C22H26N8S. The van der Waals surface area contributed by atoms with Gasteiger partial charge in [0, 0.05) is 45.5 Å². The number of hydrogen-bond acceptors (Lipinski definition) is 9. The number of piperidine rings is 1. The molecule has 0 aromatic carbocycles. The van der Waals surface area contributed by atoms with Crippen molar-refractivity contribution in [1.29, 1.82) is 5.26 Å². The molecule has 3 aromatic heterocycles. The molecule has 2 aliphatic rings. The predicted molar refractivity (Wildman–Crippen MR) is 125 cm³/mol. The average molecular weight is 435 g/mol. The molecular weight excluding hydrogens is 408 g/mol. The molecule has 160 valence electrons. The highest BCUT2D eigenvalue weighted by atomic mass is 32.1. The number of rotatable bonds is 4. The Balaban J connectivity index is 1.33. The summed E-state index contributed by atoms with van der Waals surface area (Å²) in [4.78, 5) is 20.9. The number of nitrogens with zero attached hydrogens (tertiary/aromatic N) is 7. The van der Waals surface area contributed by atoms with Gasteiger partial charge in [0.05, 0.1) is 34.1 Å². The van der Waals surface area contributed by atoms with Crippen molar-refractivity contribution in [3.8, 4) is 6.07 Å². The van der Waals surface area contributed by atoms with Crippen molar-refractivity contribution >= 4 is 44.0 Å². The van der Waals surface area contributed by atoms with E-state index in [0.29, 0.717) is 0 Å². The lowest BCUT2D eigenvalue weighted by atomic mass is 10.0. The Labute approximate surface area is 186 Å². The fourth-order valence-electron chi connectivity index (χ4n) is 4.16. The van der Waals surface area contributed by atoms with E-state index in [9.17, 15) is 5.26 Å². The topological polar surface area (TPSA) is 84.2 Å². The Morgan fingerprint density at radius 3 is 2.74 bits per heavy atom. The number of aromatic nitrogens is 3. The van der Waals surface area contributed by atoms with Gasteiger partial charge in [-0.3, -0.25) is 0 Å². The molecule has 1 atom stereocenters. The second-order valence-electron chi connectivity index (χ2n) is 8.24. The van der Waals surface area contributed by atoms with E-state index >= 15 is 0 Å². The van der Waals surface area contributed by atoms with Crippen LogP contribution in [0.15, 0.2) is 30.6 Å². The first-order valence-corrected chi connectivity index (χ1v) is 11.6. The summed E-state index contributed by atoms with van der Waals surface area (Å²) >= 11 is 1.63. The highest BCUT2D eigenvalue weighted by Crippen LogP contribution is 2.35. The zero-order chi connectivity index (χ0) is 21.2. The Morgan fingerprint density at radius 1 is 1.10 bits per heavy atom. The van der Waals surface area contributed by atoms with Crippen molar-refractivity contribution < 1.29 is 0 Å². The fourth-order valence-corrected chi connectivity index (χ4v) is 5.20. The number of piperazine rings is 1. The average Bonchev–Trinajstić information content (AvgIpc) is 3.26. The number of nitriles is 1. The summed E-state index contributed by atoms with van der Waals surface area (Å²) in [5.74, 6) is 1.63. The van der Waals surface area contributed by atoms with E-state index in [1.807, 2.05) is 18.3 Å². The van der Waals surface area contributed by atoms with Crippen LogP contribution in [0.4, 0.5) is 22.5 Å². The number of anilines is 4. The van der Waals surface area contributed by atoms with Gasteiger partial charge in [-0.25, -0.2) is 15.0 Å². The van der Waals surface area contributed by atoms with Crippen molar-refractivity contribution in [2.24, 2.45) is 5.92 Å². The van der Waals surface area contributed by atoms with E-state index in [1.165, 1.54) is 0 Å². The van der Waals surface area contributed by atoms with E-state index < -0.39 is 0 Å². The lowest BCUT2D eigenvalue weighted by molar-refractivity contribution is 0.313. The lowest BCUT2D eigenvalue weighted by Gasteiger charge is -2.33. The number of pyridine rings is 2. The molecule has 5 heterocycles. The third-order valence-electron chi connectivity index (χ3n) is 6.03. The van der Waals surface area contributed by atoms with E-state index in [4.69, 9.17) is 4.98 Å². The van der Waals surface area contributed by atoms with Crippen LogP contribution in [0, 0.1) is 17.2 Å². The molecule has 5 rings (SSSR count). The van der Waals surface area contributed by atoms with E-state index in [2.05, 4.69) is 49.2 Å². The molecule has 3 aromatic rings. The molecule has 0 aliphatic carbocycles. The minimum Gasteiger partial charge on any atom is -0.368 e. The monoisotopic (exact) mass is 434 g/mol. The standard InChI is InChI=1S/C22H26N8S/c1-28-9-11-29(12-10-28)17-4-5-19(25-14-17)27-21-20-18(6-7-24-21)26-22(31-20)30-8-2-3-16(13-23)15-30/h4-7,14,16H,2-3,8-12,15H2,1H3,(H,24,25,27). The smallest absolute Gasteiger partial charge is 0.186 e. The summed E-state index contributed by atoms with van der Waals surface area (Å²) in [7, 11) is 2.16. The van der Waals surface area contributed by atoms with E-state index in [0.717, 1.165) is 84.8 Å². The maximum Gasteiger partial charge on any atom is 0.186 e. The largest absolute Gasteiger partial charge is 0.368 e. The molecule has 1 unspecified atom stereocenters. The van der Waals surface area contributed by atoms with Crippen LogP contribution >= 0.6 is 11.3 Å². The van der Waals surface area contributed by atoms with Gasteiger partial charge in [-0.05, 0) is 38.1 Å². The summed E-state index contributed by atoms with van der Waals surface area (Å²) in [6.07, 6.45) is 5.71. The van der Waals surface area contributed by atoms with Crippen LogP contribution in [0.25, 0.3) is 10.2 Å². The van der Waals surface area contributed by atoms with Crippen molar-refractivity contribution in [2.45, 2.75) is 12.8 Å². The lowest BCUT2D eigenvalue weighted by Crippen LogP contribution is -2.44. The summed E-state index contributed by atoms with van der Waals surface area (Å²) in [5, 5.41) is 13.6. The normalized spacial score (nSPS) is 20.1. The van der Waals surface area contributed by atoms with Gasteiger partial charge < -0.3 is 20.0 Å². The van der Waals surface area contributed by atoms with E-state index in [1.54, 1.807) is 17.5 Å². The van der Waals surface area contributed by atoms with Gasteiger partial charge >= 0.3 is 0 Å². The Kier molecular flexibility index (Phi) is 5.57. The molecule has 0 radical (unpaired) electrons. The quantitative estimate of drug-likeness (QED) is 0.669. The van der Waals surface area contributed by atoms with Gasteiger partial charge in [-0.2, -0.15) is 5.26 Å². The van der Waals surface area contributed by atoms with Crippen LogP contribution in [0.2, 0.25) is 0 Å². The summed E-state index contributed by atoms with van der Waals surface area (Å²) in [6, 6.07) is 8.48. The highest BCUT2D eigenvalue weighted by molar-refractivity contribution is 7.22. The minimum absolute atomic E-state index is 0.0829. The first-order valence-electron chi connectivity index (χ1n) is 10.8. The molecule has 1 N–H and O–H groups in total. The second-order valence-corrected chi connectivity index (χ2v) is 9.21. The molecule has 2 aliphatic heterocycles. The summed E-state index contributed by atoms with van der Waals surface area (Å²) in [6.45, 7) is 5.90. The summed E-state index contributed by atoms with van der Waals surface area (Å²) in [5.41, 5.74) is 2.08. The Hall–Kier alpha value is -2.96. The van der Waals surface area contributed by atoms with E-state index in [-0.39, 0.29) is 5.92 Å². The number of hydrogen-bond donors (Lipinski definition) is 1. The highest BCUT2D eigenvalue weighted by Gasteiger charge is 2.23. The number of nitrogens with one attached hydrogen (secondary N) is 1. The van der Waals surface area contributed by atoms with Crippen molar-refractivity contribution in [2.75, 3.05) is 61.4 Å².